The normalized spacial score (nSPS) is 16.9. The Labute approximate surface area is 127 Å². The van der Waals surface area contributed by atoms with E-state index >= 15 is 0 Å². The number of hydrogen-bond donors (Lipinski definition) is 0. The van der Waals surface area contributed by atoms with Gasteiger partial charge >= 0.3 is 0 Å². The molecule has 0 amide bonds. The van der Waals surface area contributed by atoms with Crippen LogP contribution in [0.2, 0.25) is 0 Å². The maximum atomic E-state index is 13.0. The zero-order valence-electron chi connectivity index (χ0n) is 12.7. The van der Waals surface area contributed by atoms with Crippen LogP contribution in [0.1, 0.15) is 50.2 Å². The summed E-state index contributed by atoms with van der Waals surface area (Å²) in [6.45, 7) is 4.14. The monoisotopic (exact) mass is 306 g/mol. The maximum Gasteiger partial charge on any atom is 0.243 e. The molecule has 0 heterocycles. The van der Waals surface area contributed by atoms with E-state index in [0.717, 1.165) is 25.7 Å². The van der Waals surface area contributed by atoms with Crippen molar-refractivity contribution < 1.29 is 8.42 Å². The van der Waals surface area contributed by atoms with Crippen LogP contribution in [0.15, 0.2) is 23.1 Å². The first-order valence-electron chi connectivity index (χ1n) is 7.53. The second kappa shape index (κ2) is 6.59. The van der Waals surface area contributed by atoms with Gasteiger partial charge in [0.15, 0.2) is 0 Å². The van der Waals surface area contributed by atoms with Gasteiger partial charge in [-0.1, -0.05) is 32.3 Å². The molecule has 0 atom stereocenters. The number of benzene rings is 1. The van der Waals surface area contributed by atoms with Gasteiger partial charge in [0.2, 0.25) is 10.0 Å². The van der Waals surface area contributed by atoms with Gasteiger partial charge in [-0.25, -0.2) is 8.42 Å². The van der Waals surface area contributed by atoms with Crippen molar-refractivity contribution in [3.63, 3.8) is 0 Å². The fraction of sp³-hybridized carbons (Fsp3) is 0.562. The molecule has 0 spiro atoms. The summed E-state index contributed by atoms with van der Waals surface area (Å²) < 4.78 is 27.6. The quantitative estimate of drug-likeness (QED) is 0.858. The molecule has 1 aromatic carbocycles. The predicted molar refractivity (Wildman–Crippen MR) is 82.3 cm³/mol. The first kappa shape index (κ1) is 16.0. The van der Waals surface area contributed by atoms with E-state index in [1.807, 2.05) is 13.0 Å². The lowest BCUT2D eigenvalue weighted by atomic mass is 9.95. The Bertz CT molecular complexity index is 641. The molecule has 0 N–H and O–H groups in total. The number of aryl methyl sites for hydroxylation is 1. The van der Waals surface area contributed by atoms with Gasteiger partial charge < -0.3 is 0 Å². The molecule has 0 aliphatic heterocycles. The summed E-state index contributed by atoms with van der Waals surface area (Å²) in [5.74, 6) is 0. The van der Waals surface area contributed by atoms with Crippen LogP contribution in [0.4, 0.5) is 0 Å². The molecule has 0 saturated heterocycles. The summed E-state index contributed by atoms with van der Waals surface area (Å²) in [6.07, 6.45) is 5.24. The van der Waals surface area contributed by atoms with E-state index in [9.17, 15) is 8.42 Å². The van der Waals surface area contributed by atoms with Crippen LogP contribution in [-0.2, 0) is 10.0 Å². The van der Waals surface area contributed by atoms with Crippen molar-refractivity contribution in [1.29, 1.82) is 5.26 Å². The maximum absolute atomic E-state index is 13.0. The molecule has 4 nitrogen and oxygen atoms in total. The average Bonchev–Trinajstić information content (AvgIpc) is 2.49. The van der Waals surface area contributed by atoms with Crippen LogP contribution >= 0.6 is 0 Å². The van der Waals surface area contributed by atoms with Crippen LogP contribution in [0.5, 0.6) is 0 Å². The first-order valence-corrected chi connectivity index (χ1v) is 8.97. The Kier molecular flexibility index (Phi) is 5.02. The van der Waals surface area contributed by atoms with Gasteiger partial charge in [0.1, 0.15) is 0 Å². The van der Waals surface area contributed by atoms with Crippen molar-refractivity contribution in [2.24, 2.45) is 0 Å². The number of hydrogen-bond acceptors (Lipinski definition) is 3. The smallest absolute Gasteiger partial charge is 0.207 e. The Morgan fingerprint density at radius 1 is 1.29 bits per heavy atom. The van der Waals surface area contributed by atoms with Crippen LogP contribution in [0, 0.1) is 18.3 Å². The second-order valence-corrected chi connectivity index (χ2v) is 7.45. The topological polar surface area (TPSA) is 61.2 Å². The fourth-order valence-electron chi connectivity index (χ4n) is 3.07. The minimum atomic E-state index is -3.53. The second-order valence-electron chi connectivity index (χ2n) is 5.59. The van der Waals surface area contributed by atoms with Crippen LogP contribution in [0.3, 0.4) is 0 Å². The summed E-state index contributed by atoms with van der Waals surface area (Å²) in [7, 11) is -3.53. The van der Waals surface area contributed by atoms with Gasteiger partial charge in [-0.2, -0.15) is 9.57 Å². The summed E-state index contributed by atoms with van der Waals surface area (Å²) in [5.41, 5.74) is 1.09. The third-order valence-electron chi connectivity index (χ3n) is 4.20. The standard InChI is InChI=1S/C16H22N2O2S/c1-3-18(15-7-5-4-6-8-15)21(19,20)16-11-14(12-17)10-9-13(16)2/h9-11,15H,3-8H2,1-2H3. The Hall–Kier alpha value is -1.38. The third kappa shape index (κ3) is 3.28. The predicted octanol–water partition coefficient (Wildman–Crippen LogP) is 3.21. The van der Waals surface area contributed by atoms with Crippen LogP contribution in [0.25, 0.3) is 0 Å². The van der Waals surface area contributed by atoms with Crippen molar-refractivity contribution in [2.75, 3.05) is 6.54 Å². The average molecular weight is 306 g/mol. The van der Waals surface area contributed by atoms with Gasteiger partial charge in [0.25, 0.3) is 0 Å². The van der Waals surface area contributed by atoms with E-state index in [-0.39, 0.29) is 10.9 Å². The molecular formula is C16H22N2O2S. The van der Waals surface area contributed by atoms with Gasteiger partial charge in [0.05, 0.1) is 16.5 Å². The number of nitriles is 1. The molecule has 5 heteroatoms. The van der Waals surface area contributed by atoms with Gasteiger partial charge in [0, 0.05) is 12.6 Å². The van der Waals surface area contributed by atoms with Crippen LogP contribution in [-0.4, -0.2) is 25.3 Å². The summed E-state index contributed by atoms with van der Waals surface area (Å²) >= 11 is 0. The summed E-state index contributed by atoms with van der Waals surface area (Å²) in [5, 5.41) is 9.00. The van der Waals surface area contributed by atoms with E-state index in [1.54, 1.807) is 23.4 Å². The lowest BCUT2D eigenvalue weighted by Crippen LogP contribution is -2.41. The molecule has 1 aliphatic rings. The third-order valence-corrected chi connectivity index (χ3v) is 6.37. The minimum absolute atomic E-state index is 0.0962. The first-order chi connectivity index (χ1) is 10.0. The zero-order valence-corrected chi connectivity index (χ0v) is 13.5. The summed E-state index contributed by atoms with van der Waals surface area (Å²) in [4.78, 5) is 0.272. The van der Waals surface area contributed by atoms with Crippen LogP contribution < -0.4 is 0 Å². The molecule has 0 aromatic heterocycles. The highest BCUT2D eigenvalue weighted by molar-refractivity contribution is 7.89. The highest BCUT2D eigenvalue weighted by Crippen LogP contribution is 2.29. The zero-order chi connectivity index (χ0) is 15.5. The molecule has 2 rings (SSSR count). The highest BCUT2D eigenvalue weighted by Gasteiger charge is 2.32. The summed E-state index contributed by atoms with van der Waals surface area (Å²) in [6, 6.07) is 6.98. The van der Waals surface area contributed by atoms with E-state index in [2.05, 4.69) is 0 Å². The van der Waals surface area contributed by atoms with Gasteiger partial charge in [-0.05, 0) is 37.5 Å². The molecule has 1 aromatic rings. The largest absolute Gasteiger partial charge is 0.243 e. The number of sulfonamides is 1. The molecular weight excluding hydrogens is 284 g/mol. The molecule has 0 bridgehead atoms. The number of nitrogens with zero attached hydrogens (tertiary/aromatic N) is 2. The molecule has 21 heavy (non-hydrogen) atoms. The lowest BCUT2D eigenvalue weighted by molar-refractivity contribution is 0.261. The number of rotatable bonds is 4. The molecule has 0 unspecified atom stereocenters. The minimum Gasteiger partial charge on any atom is -0.207 e. The highest BCUT2D eigenvalue weighted by atomic mass is 32.2. The molecule has 0 radical (unpaired) electrons. The van der Waals surface area contributed by atoms with Gasteiger partial charge in [-0.15, -0.1) is 0 Å². The van der Waals surface area contributed by atoms with Crippen molar-refractivity contribution in [3.05, 3.63) is 29.3 Å². The van der Waals surface area contributed by atoms with Crippen molar-refractivity contribution in [3.8, 4) is 6.07 Å². The fourth-order valence-corrected chi connectivity index (χ4v) is 5.01. The van der Waals surface area contributed by atoms with E-state index in [0.29, 0.717) is 17.7 Å². The lowest BCUT2D eigenvalue weighted by Gasteiger charge is -2.33. The Morgan fingerprint density at radius 3 is 2.52 bits per heavy atom. The van der Waals surface area contributed by atoms with E-state index in [1.165, 1.54) is 12.5 Å². The molecule has 1 aliphatic carbocycles. The Morgan fingerprint density at radius 2 is 1.95 bits per heavy atom. The SMILES string of the molecule is CCN(C1CCCCC1)S(=O)(=O)c1cc(C#N)ccc1C. The van der Waals surface area contributed by atoms with Crippen molar-refractivity contribution >= 4 is 10.0 Å². The van der Waals surface area contributed by atoms with Crippen molar-refractivity contribution in [2.45, 2.75) is 56.9 Å². The van der Waals surface area contributed by atoms with Gasteiger partial charge in [-0.3, -0.25) is 0 Å². The molecule has 1 fully saturated rings. The van der Waals surface area contributed by atoms with Crippen molar-refractivity contribution in [1.82, 2.24) is 4.31 Å². The molecule has 114 valence electrons. The molecule has 1 saturated carbocycles. The van der Waals surface area contributed by atoms with E-state index in [4.69, 9.17) is 5.26 Å². The van der Waals surface area contributed by atoms with E-state index < -0.39 is 10.0 Å². The Balaban J connectivity index is 2.41.